The second-order valence-electron chi connectivity index (χ2n) is 18.3. The van der Waals surface area contributed by atoms with Crippen molar-refractivity contribution < 1.29 is 0 Å². The molecule has 6 aliphatic carbocycles. The molecule has 0 spiro atoms. The highest BCUT2D eigenvalue weighted by molar-refractivity contribution is 6.32. The topological polar surface area (TPSA) is 124 Å². The van der Waals surface area contributed by atoms with Crippen LogP contribution in [0.4, 0.5) is 0 Å². The quantitative estimate of drug-likeness (QED) is 0.153. The van der Waals surface area contributed by atoms with Gasteiger partial charge < -0.3 is 0 Å². The number of hydrogen-bond acceptors (Lipinski definition) is 10. The summed E-state index contributed by atoms with van der Waals surface area (Å²) in [5.41, 5.74) is 25.7. The average Bonchev–Trinajstić information content (AvgIpc) is 4.29. The van der Waals surface area contributed by atoms with Gasteiger partial charge in [0.1, 0.15) is 11.4 Å². The molecule has 0 aromatic heterocycles. The lowest BCUT2D eigenvalue weighted by Crippen LogP contribution is -2.01. The molecule has 6 aliphatic rings. The largest absolute Gasteiger partial charge is 0.154 e. The summed E-state index contributed by atoms with van der Waals surface area (Å²) in [5, 5.41) is 49.1. The number of hydrogen-bond donors (Lipinski definition) is 0. The van der Waals surface area contributed by atoms with Crippen LogP contribution in [0.2, 0.25) is 0 Å². The van der Waals surface area contributed by atoms with E-state index in [1.807, 2.05) is 48.5 Å². The van der Waals surface area contributed by atoms with Gasteiger partial charge in [-0.2, -0.15) is 40.8 Å². The van der Waals surface area contributed by atoms with Crippen LogP contribution < -0.4 is 0 Å². The van der Waals surface area contributed by atoms with E-state index in [2.05, 4.69) is 146 Å². The minimum Gasteiger partial charge on any atom is -0.154 e. The van der Waals surface area contributed by atoms with Crippen LogP contribution in [0.15, 0.2) is 245 Å². The molecular weight excluding hydrogens is 885 g/mol. The zero-order valence-corrected chi connectivity index (χ0v) is 38.8. The van der Waals surface area contributed by atoms with Crippen molar-refractivity contribution in [1.82, 2.24) is 0 Å². The molecule has 8 aromatic rings. The van der Waals surface area contributed by atoms with Gasteiger partial charge in [0.15, 0.2) is 0 Å². The van der Waals surface area contributed by atoms with Gasteiger partial charge in [-0.25, -0.2) is 0 Å². The summed E-state index contributed by atoms with van der Waals surface area (Å²) >= 11 is 0. The minimum absolute atomic E-state index is 0.492. The zero-order valence-electron chi connectivity index (χ0n) is 38.8. The fraction of sp³-hybridized carbons (Fsp3) is 0.0645. The summed E-state index contributed by atoms with van der Waals surface area (Å²) in [6.07, 6.45) is 2.02. The summed E-state index contributed by atoms with van der Waals surface area (Å²) in [4.78, 5) is 0. The van der Waals surface area contributed by atoms with Gasteiger partial charge in [0.05, 0.1) is 45.7 Å². The van der Waals surface area contributed by atoms with Gasteiger partial charge in [-0.05, 0) is 22.3 Å². The van der Waals surface area contributed by atoms with Crippen LogP contribution in [0.25, 0.3) is 22.3 Å². The predicted molar refractivity (Wildman–Crippen MR) is 292 cm³/mol. The molecule has 0 radical (unpaired) electrons. The minimum atomic E-state index is 0.492. The van der Waals surface area contributed by atoms with Crippen LogP contribution in [0.5, 0.6) is 0 Å². The fourth-order valence-electron chi connectivity index (χ4n) is 10.8. The van der Waals surface area contributed by atoms with E-state index in [0.29, 0.717) is 25.7 Å². The first-order valence-electron chi connectivity index (χ1n) is 24.2. The monoisotopic (exact) mass is 924 g/mol. The summed E-state index contributed by atoms with van der Waals surface area (Å²) in [7, 11) is 0. The van der Waals surface area contributed by atoms with Crippen molar-refractivity contribution in [1.29, 1.82) is 0 Å². The normalized spacial score (nSPS) is 19.9. The highest BCUT2D eigenvalue weighted by Crippen LogP contribution is 2.39. The van der Waals surface area contributed by atoms with E-state index in [0.717, 1.165) is 124 Å². The first-order chi connectivity index (χ1) is 35.7. The van der Waals surface area contributed by atoms with E-state index in [9.17, 15) is 0 Å². The lowest BCUT2D eigenvalue weighted by Gasteiger charge is -2.00. The van der Waals surface area contributed by atoms with Crippen molar-refractivity contribution in [3.8, 4) is 22.3 Å². The average molecular weight is 925 g/mol. The van der Waals surface area contributed by atoms with E-state index < -0.39 is 0 Å². The van der Waals surface area contributed by atoms with E-state index in [1.165, 1.54) is 22.3 Å². The molecule has 0 amide bonds. The smallest absolute Gasteiger partial charge is 0.101 e. The van der Waals surface area contributed by atoms with Crippen molar-refractivity contribution >= 4 is 57.1 Å². The molecular formula is C62H40N10. The Morgan fingerprint density at radius 2 is 0.292 bits per heavy atom. The van der Waals surface area contributed by atoms with Crippen LogP contribution in [-0.2, 0) is 0 Å². The van der Waals surface area contributed by atoms with Crippen molar-refractivity contribution in [3.05, 3.63) is 261 Å². The van der Waals surface area contributed by atoms with Crippen molar-refractivity contribution in [2.24, 2.45) is 51.0 Å². The zero-order chi connectivity index (χ0) is 47.5. The molecule has 14 rings (SSSR count). The lowest BCUT2D eigenvalue weighted by atomic mass is 10.1. The molecule has 8 aromatic carbocycles. The van der Waals surface area contributed by atoms with Crippen molar-refractivity contribution in [2.75, 3.05) is 0 Å². The molecule has 0 aliphatic heterocycles. The molecule has 0 fully saturated rings. The predicted octanol–water partition coefficient (Wildman–Crippen LogP) is 12.3. The van der Waals surface area contributed by atoms with Gasteiger partial charge in [0.2, 0.25) is 0 Å². The maximum Gasteiger partial charge on any atom is 0.101 e. The molecule has 0 heterocycles. The van der Waals surface area contributed by atoms with Gasteiger partial charge in [-0.3, -0.25) is 0 Å². The molecule has 0 unspecified atom stereocenters. The third kappa shape index (κ3) is 6.94. The molecule has 0 saturated carbocycles. The number of rotatable bonds is 5. The molecule has 338 valence electrons. The number of fused-ring (bicyclic) bond motifs is 10. The van der Waals surface area contributed by atoms with E-state index in [4.69, 9.17) is 51.0 Å². The van der Waals surface area contributed by atoms with Crippen LogP contribution in [0, 0.1) is 0 Å². The Kier molecular flexibility index (Phi) is 9.87. The second-order valence-corrected chi connectivity index (χ2v) is 18.3. The summed E-state index contributed by atoms with van der Waals surface area (Å²) in [6.45, 7) is 0. The van der Waals surface area contributed by atoms with Crippen LogP contribution in [0.3, 0.4) is 0 Å². The molecule has 10 nitrogen and oxygen atoms in total. The van der Waals surface area contributed by atoms with E-state index >= 15 is 0 Å². The van der Waals surface area contributed by atoms with Gasteiger partial charge in [-0.15, -0.1) is 10.2 Å². The van der Waals surface area contributed by atoms with Crippen LogP contribution >= 0.6 is 0 Å². The van der Waals surface area contributed by atoms with Gasteiger partial charge in [0, 0.05) is 92.4 Å². The first kappa shape index (κ1) is 41.4. The molecule has 0 atom stereocenters. The lowest BCUT2D eigenvalue weighted by molar-refractivity contribution is 1.18. The number of nitrogens with zero attached hydrogens (tertiary/aromatic N) is 10. The Balaban J connectivity index is 0.739. The summed E-state index contributed by atoms with van der Waals surface area (Å²) in [5.74, 6) is 0. The maximum absolute atomic E-state index is 4.93. The molecule has 0 saturated heterocycles. The molecule has 0 N–H and O–H groups in total. The highest BCUT2D eigenvalue weighted by Gasteiger charge is 2.31. The van der Waals surface area contributed by atoms with E-state index in [1.54, 1.807) is 0 Å². The maximum atomic E-state index is 4.93. The highest BCUT2D eigenvalue weighted by atomic mass is 15.3. The van der Waals surface area contributed by atoms with Crippen molar-refractivity contribution in [2.45, 2.75) is 25.7 Å². The standard InChI is InChI=1S/C62H40N10/c1-13-29-49-37(17-1)38-18-2-14-30-50(38)61(49)71-69-59-35-57(45-25-9-11-27-47(45)59)67-65-55-33-53(41-21-5-7-23-43(41)55)63-64-54-34-56(44-24-8-6-22-42(44)54)66-68-58-36-60(48-28-12-10-26-46(48)58)70-72-62-51-31-15-3-19-39(51)40-20-4-16-32-52(40)62/h1-32H,33-36H2/b63-53+,64-54+,65-55+,66-56+,67-57+,68-58+,69-59+,70-60+. The van der Waals surface area contributed by atoms with Crippen LogP contribution in [-0.4, -0.2) is 57.1 Å². The van der Waals surface area contributed by atoms with Crippen molar-refractivity contribution in [3.63, 3.8) is 0 Å². The first-order valence-corrected chi connectivity index (χ1v) is 24.2. The number of benzene rings is 8. The third-order valence-electron chi connectivity index (χ3n) is 14.3. The van der Waals surface area contributed by atoms with Gasteiger partial charge in [-0.1, -0.05) is 194 Å². The van der Waals surface area contributed by atoms with E-state index in [-0.39, 0.29) is 0 Å². The Morgan fingerprint density at radius 3 is 0.472 bits per heavy atom. The Bertz CT molecular complexity index is 3630. The summed E-state index contributed by atoms with van der Waals surface area (Å²) < 4.78 is 0. The molecule has 0 bridgehead atoms. The Hall–Kier alpha value is -9.54. The van der Waals surface area contributed by atoms with Gasteiger partial charge >= 0.3 is 0 Å². The fourth-order valence-corrected chi connectivity index (χ4v) is 10.8. The summed E-state index contributed by atoms with van der Waals surface area (Å²) in [6, 6.07) is 66.5. The molecule has 72 heavy (non-hydrogen) atoms. The Labute approximate surface area is 415 Å². The molecule has 10 heteroatoms. The SMILES string of the molecule is c1ccc2c(c1)C(=N/N=C1\C/C(=N\N=C3/C/C(=N\N=C4/C/C(=N\N=C5/C/C(=N\N=C6c7ccccc7-c7ccccc76)c6ccccc65)c5ccccc54)c4ccccc43)c3ccccc31)c1ccccc1-2. The van der Waals surface area contributed by atoms with Gasteiger partial charge in [0.25, 0.3) is 0 Å². The second kappa shape index (κ2) is 17.1. The Morgan fingerprint density at radius 1 is 0.153 bits per heavy atom. The third-order valence-corrected chi connectivity index (χ3v) is 14.3. The van der Waals surface area contributed by atoms with Crippen LogP contribution in [0.1, 0.15) is 92.4 Å².